The molecular weight excluding hydrogens is 370 g/mol. The van der Waals surface area contributed by atoms with Crippen LogP contribution in [0.5, 0.6) is 0 Å². The number of para-hydroxylation sites is 1. The van der Waals surface area contributed by atoms with Crippen LogP contribution in [0.4, 0.5) is 5.69 Å². The van der Waals surface area contributed by atoms with Gasteiger partial charge in [0.1, 0.15) is 0 Å². The Morgan fingerprint density at radius 1 is 1.19 bits per heavy atom. The number of anilines is 1. The van der Waals surface area contributed by atoms with Crippen LogP contribution < -0.4 is 10.6 Å². The molecule has 27 heavy (non-hydrogen) atoms. The summed E-state index contributed by atoms with van der Waals surface area (Å²) in [5.74, 6) is -1.14. The Bertz CT molecular complexity index is 830. The lowest BCUT2D eigenvalue weighted by Crippen LogP contribution is -2.27. The van der Waals surface area contributed by atoms with Crippen molar-refractivity contribution >= 4 is 35.2 Å². The summed E-state index contributed by atoms with van der Waals surface area (Å²) in [6.07, 6.45) is 1.30. The van der Waals surface area contributed by atoms with Crippen molar-refractivity contribution in [1.82, 2.24) is 5.32 Å². The molecule has 2 rings (SSSR count). The van der Waals surface area contributed by atoms with Gasteiger partial charge in [-0.3, -0.25) is 14.4 Å². The summed E-state index contributed by atoms with van der Waals surface area (Å²) >= 11 is 1.29. The molecular formula is C18H17N3O5S. The molecule has 0 spiro atoms. The monoisotopic (exact) mass is 387 g/mol. The Kier molecular flexibility index (Phi) is 7.93. The summed E-state index contributed by atoms with van der Waals surface area (Å²) in [5.41, 5.74) is 0.546. The van der Waals surface area contributed by atoms with E-state index in [4.69, 9.17) is 14.4 Å². The third-order valence-corrected chi connectivity index (χ3v) is 4.12. The van der Waals surface area contributed by atoms with Gasteiger partial charge in [-0.05, 0) is 24.3 Å². The number of nitrogens with zero attached hydrogens (tertiary/aromatic N) is 1. The van der Waals surface area contributed by atoms with Crippen molar-refractivity contribution < 1.29 is 23.5 Å². The number of benzene rings is 1. The Hall–Kier alpha value is -3.25. The maximum Gasteiger partial charge on any atom is 0.308 e. The number of nitrogens with one attached hydrogen (secondary N) is 2. The maximum atomic E-state index is 11.9. The Morgan fingerprint density at radius 3 is 2.74 bits per heavy atom. The second kappa shape index (κ2) is 10.7. The lowest BCUT2D eigenvalue weighted by molar-refractivity contribution is -0.147. The lowest BCUT2D eigenvalue weighted by atomic mass is 10.3. The van der Waals surface area contributed by atoms with E-state index in [9.17, 15) is 14.4 Å². The van der Waals surface area contributed by atoms with Gasteiger partial charge in [-0.25, -0.2) is 0 Å². The van der Waals surface area contributed by atoms with E-state index in [-0.39, 0.29) is 24.5 Å². The second-order valence-electron chi connectivity index (χ2n) is 5.14. The molecule has 2 aromatic rings. The smallest absolute Gasteiger partial charge is 0.308 e. The minimum absolute atomic E-state index is 0.0631. The van der Waals surface area contributed by atoms with Crippen LogP contribution in [0.3, 0.4) is 0 Å². The van der Waals surface area contributed by atoms with Crippen molar-refractivity contribution in [3.8, 4) is 6.07 Å². The first kappa shape index (κ1) is 20.1. The van der Waals surface area contributed by atoms with Crippen molar-refractivity contribution in [3.05, 3.63) is 48.4 Å². The highest BCUT2D eigenvalue weighted by Gasteiger charge is 2.12. The van der Waals surface area contributed by atoms with Gasteiger partial charge in [0.15, 0.2) is 12.4 Å². The largest absolute Gasteiger partial charge is 0.459 e. The zero-order valence-electron chi connectivity index (χ0n) is 14.3. The van der Waals surface area contributed by atoms with Crippen molar-refractivity contribution in [1.29, 1.82) is 5.26 Å². The van der Waals surface area contributed by atoms with Crippen molar-refractivity contribution in [2.75, 3.05) is 24.2 Å². The number of rotatable bonds is 9. The second-order valence-corrected chi connectivity index (χ2v) is 6.15. The number of hydrogen-bond acceptors (Lipinski definition) is 7. The van der Waals surface area contributed by atoms with Crippen molar-refractivity contribution in [2.45, 2.75) is 11.3 Å². The van der Waals surface area contributed by atoms with Crippen LogP contribution in [-0.4, -0.2) is 36.7 Å². The van der Waals surface area contributed by atoms with Crippen LogP contribution in [0.25, 0.3) is 0 Å². The Labute approximate surface area is 159 Å². The van der Waals surface area contributed by atoms with Gasteiger partial charge in [-0.15, -0.1) is 11.8 Å². The van der Waals surface area contributed by atoms with Gasteiger partial charge in [-0.2, -0.15) is 5.26 Å². The van der Waals surface area contributed by atoms with Gasteiger partial charge >= 0.3 is 5.97 Å². The molecule has 0 aliphatic heterocycles. The van der Waals surface area contributed by atoms with Gasteiger partial charge in [0.25, 0.3) is 11.8 Å². The molecule has 2 amide bonds. The standard InChI is InChI=1S/C18H17N3O5S/c19-8-11-27-15-6-2-1-4-13(15)21-16(22)12-26-17(23)7-9-20-18(24)14-5-3-10-25-14/h1-6,10H,7,9,11-12H2,(H,20,24)(H,21,22). The van der Waals surface area contributed by atoms with Crippen LogP contribution >= 0.6 is 11.8 Å². The number of hydrogen-bond donors (Lipinski definition) is 2. The minimum Gasteiger partial charge on any atom is -0.459 e. The predicted molar refractivity (Wildman–Crippen MR) is 98.0 cm³/mol. The van der Waals surface area contributed by atoms with Crippen LogP contribution in [0, 0.1) is 11.3 Å². The van der Waals surface area contributed by atoms with Crippen LogP contribution in [-0.2, 0) is 14.3 Å². The van der Waals surface area contributed by atoms with E-state index in [1.54, 1.807) is 30.3 Å². The fourth-order valence-electron chi connectivity index (χ4n) is 1.98. The molecule has 140 valence electrons. The number of ether oxygens (including phenoxy) is 1. The fourth-order valence-corrected chi connectivity index (χ4v) is 2.65. The van der Waals surface area contributed by atoms with Gasteiger partial charge in [0.2, 0.25) is 0 Å². The van der Waals surface area contributed by atoms with Gasteiger partial charge in [0.05, 0.1) is 30.2 Å². The maximum absolute atomic E-state index is 11.9. The van der Waals surface area contributed by atoms with Crippen molar-refractivity contribution in [3.63, 3.8) is 0 Å². The normalized spacial score (nSPS) is 9.89. The van der Waals surface area contributed by atoms with E-state index in [1.165, 1.54) is 24.1 Å². The number of furan rings is 1. The zero-order valence-corrected chi connectivity index (χ0v) is 15.1. The first-order valence-electron chi connectivity index (χ1n) is 7.96. The third kappa shape index (κ3) is 6.87. The molecule has 1 aromatic carbocycles. The quantitative estimate of drug-likeness (QED) is 0.500. The van der Waals surface area contributed by atoms with Crippen LogP contribution in [0.15, 0.2) is 52.0 Å². The molecule has 0 radical (unpaired) electrons. The van der Waals surface area contributed by atoms with Gasteiger partial charge in [0, 0.05) is 11.4 Å². The molecule has 0 saturated carbocycles. The van der Waals surface area contributed by atoms with Gasteiger partial charge in [-0.1, -0.05) is 12.1 Å². The Morgan fingerprint density at radius 2 is 2.00 bits per heavy atom. The average Bonchev–Trinajstić information content (AvgIpc) is 3.20. The molecule has 9 heteroatoms. The van der Waals surface area contributed by atoms with Crippen LogP contribution in [0.2, 0.25) is 0 Å². The summed E-state index contributed by atoms with van der Waals surface area (Å²) in [4.78, 5) is 36.0. The first-order chi connectivity index (χ1) is 13.1. The van der Waals surface area contributed by atoms with E-state index >= 15 is 0 Å². The predicted octanol–water partition coefficient (Wildman–Crippen LogP) is 2.20. The van der Waals surface area contributed by atoms with Gasteiger partial charge < -0.3 is 19.8 Å². The number of carbonyl (C=O) groups excluding carboxylic acids is 3. The number of nitriles is 1. The minimum atomic E-state index is -0.614. The van der Waals surface area contributed by atoms with E-state index in [0.717, 1.165) is 4.90 Å². The van der Waals surface area contributed by atoms with E-state index in [1.807, 2.05) is 6.07 Å². The molecule has 2 N–H and O–H groups in total. The summed E-state index contributed by atoms with van der Waals surface area (Å²) in [6, 6.07) is 12.1. The summed E-state index contributed by atoms with van der Waals surface area (Å²) in [6.45, 7) is -0.379. The molecule has 8 nitrogen and oxygen atoms in total. The molecule has 0 bridgehead atoms. The molecule has 0 fully saturated rings. The number of amides is 2. The first-order valence-corrected chi connectivity index (χ1v) is 8.94. The highest BCUT2D eigenvalue weighted by molar-refractivity contribution is 7.99. The highest BCUT2D eigenvalue weighted by Crippen LogP contribution is 2.26. The third-order valence-electron chi connectivity index (χ3n) is 3.18. The molecule has 0 aliphatic rings. The molecule has 0 saturated heterocycles. The number of thioether (sulfide) groups is 1. The summed E-state index contributed by atoms with van der Waals surface area (Å²) < 4.78 is 9.81. The lowest BCUT2D eigenvalue weighted by Gasteiger charge is -2.10. The van der Waals surface area contributed by atoms with Crippen molar-refractivity contribution in [2.24, 2.45) is 0 Å². The fraction of sp³-hybridized carbons (Fsp3) is 0.222. The molecule has 1 aromatic heterocycles. The SMILES string of the molecule is N#CCSc1ccccc1NC(=O)COC(=O)CCNC(=O)c1ccco1. The average molecular weight is 387 g/mol. The summed E-state index contributed by atoms with van der Waals surface area (Å²) in [7, 11) is 0. The van der Waals surface area contributed by atoms with Crippen LogP contribution in [0.1, 0.15) is 17.0 Å². The molecule has 0 unspecified atom stereocenters. The molecule has 0 atom stereocenters. The Balaban J connectivity index is 1.70. The highest BCUT2D eigenvalue weighted by atomic mass is 32.2. The molecule has 0 aliphatic carbocycles. The summed E-state index contributed by atoms with van der Waals surface area (Å²) in [5, 5.41) is 13.8. The number of esters is 1. The topological polar surface area (TPSA) is 121 Å². The van der Waals surface area contributed by atoms with E-state index in [2.05, 4.69) is 10.6 Å². The zero-order chi connectivity index (χ0) is 19.5. The van der Waals surface area contributed by atoms with E-state index < -0.39 is 24.4 Å². The number of carbonyl (C=O) groups is 3. The molecule has 1 heterocycles. The van der Waals surface area contributed by atoms with E-state index in [0.29, 0.717) is 5.69 Å².